The van der Waals surface area contributed by atoms with Gasteiger partial charge in [0.1, 0.15) is 0 Å². The van der Waals surface area contributed by atoms with Crippen LogP contribution >= 0.6 is 15.9 Å². The number of aliphatic imine (C=N–C) groups is 1. The summed E-state index contributed by atoms with van der Waals surface area (Å²) in [5, 5.41) is 3.43. The van der Waals surface area contributed by atoms with Crippen molar-refractivity contribution in [3.8, 4) is 0 Å². The summed E-state index contributed by atoms with van der Waals surface area (Å²) in [5.41, 5.74) is 6.00. The first kappa shape index (κ1) is 17.3. The largest absolute Gasteiger partial charge is 0.369 e. The standard InChI is InChI=1S/C21H23BrN4/c1-25-8-10-26(11-9-25)20-6-4-19(5-7-20)24-15-17-14-23-13-16-2-3-18(22)12-21(16)17/h2-7,12-13,15,24H,8-11,14H2,1H3. The van der Waals surface area contributed by atoms with Gasteiger partial charge >= 0.3 is 0 Å². The van der Waals surface area contributed by atoms with Crippen LogP contribution in [0.25, 0.3) is 5.57 Å². The average Bonchev–Trinajstić information content (AvgIpc) is 2.67. The molecule has 1 N–H and O–H groups in total. The molecule has 0 aromatic heterocycles. The van der Waals surface area contributed by atoms with E-state index in [2.05, 4.69) is 91.8 Å². The monoisotopic (exact) mass is 410 g/mol. The van der Waals surface area contributed by atoms with Gasteiger partial charge in [0.2, 0.25) is 0 Å². The molecule has 1 saturated heterocycles. The smallest absolute Gasteiger partial charge is 0.0660 e. The van der Waals surface area contributed by atoms with Gasteiger partial charge in [-0.05, 0) is 60.1 Å². The summed E-state index contributed by atoms with van der Waals surface area (Å²) in [7, 11) is 2.18. The first-order valence-corrected chi connectivity index (χ1v) is 9.77. The number of benzene rings is 2. The Morgan fingerprint density at radius 1 is 1.04 bits per heavy atom. The molecule has 2 aromatic rings. The molecule has 134 valence electrons. The molecule has 0 bridgehead atoms. The zero-order valence-corrected chi connectivity index (χ0v) is 16.5. The second-order valence-corrected chi connectivity index (χ2v) is 7.77. The molecule has 5 heteroatoms. The third-order valence-corrected chi connectivity index (χ3v) is 5.50. The van der Waals surface area contributed by atoms with Gasteiger partial charge < -0.3 is 15.1 Å². The highest BCUT2D eigenvalue weighted by Crippen LogP contribution is 2.26. The maximum absolute atomic E-state index is 4.46. The van der Waals surface area contributed by atoms with Gasteiger partial charge in [-0.15, -0.1) is 0 Å². The summed E-state index contributed by atoms with van der Waals surface area (Å²) < 4.78 is 1.09. The lowest BCUT2D eigenvalue weighted by Gasteiger charge is -2.34. The number of rotatable bonds is 3. The lowest BCUT2D eigenvalue weighted by Crippen LogP contribution is -2.44. The minimum atomic E-state index is 0.704. The molecule has 0 atom stereocenters. The van der Waals surface area contributed by atoms with E-state index < -0.39 is 0 Å². The van der Waals surface area contributed by atoms with Crippen molar-refractivity contribution >= 4 is 39.1 Å². The Kier molecular flexibility index (Phi) is 5.09. The zero-order chi connectivity index (χ0) is 17.9. The van der Waals surface area contributed by atoms with Crippen LogP contribution in [0, 0.1) is 0 Å². The van der Waals surface area contributed by atoms with Crippen LogP contribution in [0.3, 0.4) is 0 Å². The Morgan fingerprint density at radius 3 is 2.58 bits per heavy atom. The quantitative estimate of drug-likeness (QED) is 0.826. The Hall–Kier alpha value is -2.11. The molecule has 4 nitrogen and oxygen atoms in total. The van der Waals surface area contributed by atoms with Crippen LogP contribution in [0.15, 0.2) is 58.1 Å². The Morgan fingerprint density at radius 2 is 1.81 bits per heavy atom. The van der Waals surface area contributed by atoms with Gasteiger partial charge in [0.25, 0.3) is 0 Å². The molecule has 2 heterocycles. The lowest BCUT2D eigenvalue weighted by atomic mass is 9.99. The Bertz CT molecular complexity index is 834. The van der Waals surface area contributed by atoms with Crippen LogP contribution in [-0.2, 0) is 0 Å². The Labute approximate surface area is 163 Å². The van der Waals surface area contributed by atoms with E-state index in [-0.39, 0.29) is 0 Å². The second kappa shape index (κ2) is 7.64. The number of nitrogens with one attached hydrogen (secondary N) is 1. The van der Waals surface area contributed by atoms with E-state index in [0.29, 0.717) is 6.54 Å². The molecule has 2 aliphatic heterocycles. The molecule has 0 aliphatic carbocycles. The van der Waals surface area contributed by atoms with Crippen LogP contribution in [0.4, 0.5) is 11.4 Å². The summed E-state index contributed by atoms with van der Waals surface area (Å²) in [6.07, 6.45) is 4.02. The van der Waals surface area contributed by atoms with E-state index >= 15 is 0 Å². The first-order valence-electron chi connectivity index (χ1n) is 8.98. The number of anilines is 2. The summed E-state index contributed by atoms with van der Waals surface area (Å²) in [6, 6.07) is 15.0. The van der Waals surface area contributed by atoms with E-state index in [1.54, 1.807) is 0 Å². The molecule has 0 saturated carbocycles. The van der Waals surface area contributed by atoms with Crippen LogP contribution in [0.5, 0.6) is 0 Å². The molecule has 26 heavy (non-hydrogen) atoms. The number of nitrogens with zero attached hydrogens (tertiary/aromatic N) is 3. The second-order valence-electron chi connectivity index (χ2n) is 6.85. The van der Waals surface area contributed by atoms with Crippen molar-refractivity contribution in [3.63, 3.8) is 0 Å². The fraction of sp³-hybridized carbons (Fsp3) is 0.286. The molecule has 2 aliphatic rings. The van der Waals surface area contributed by atoms with Gasteiger partial charge in [0, 0.05) is 54.4 Å². The van der Waals surface area contributed by atoms with Crippen molar-refractivity contribution in [2.75, 3.05) is 50.0 Å². The number of fused-ring (bicyclic) bond motifs is 1. The van der Waals surface area contributed by atoms with Crippen molar-refractivity contribution in [1.29, 1.82) is 0 Å². The van der Waals surface area contributed by atoms with Crippen molar-refractivity contribution in [2.45, 2.75) is 0 Å². The SMILES string of the molecule is CN1CCN(c2ccc(NC=C3CN=Cc4ccc(Br)cc43)cc2)CC1. The van der Waals surface area contributed by atoms with E-state index in [0.717, 1.165) is 41.9 Å². The number of hydrogen-bond acceptors (Lipinski definition) is 4. The average molecular weight is 411 g/mol. The van der Waals surface area contributed by atoms with Crippen LogP contribution in [0.2, 0.25) is 0 Å². The topological polar surface area (TPSA) is 30.9 Å². The fourth-order valence-electron chi connectivity index (χ4n) is 3.37. The van der Waals surface area contributed by atoms with E-state index in [1.165, 1.54) is 16.8 Å². The minimum absolute atomic E-state index is 0.704. The molecule has 0 radical (unpaired) electrons. The molecule has 2 aromatic carbocycles. The molecule has 4 rings (SSSR count). The minimum Gasteiger partial charge on any atom is -0.369 e. The summed E-state index contributed by atoms with van der Waals surface area (Å²) in [4.78, 5) is 9.29. The highest BCUT2D eigenvalue weighted by atomic mass is 79.9. The van der Waals surface area contributed by atoms with Gasteiger partial charge in [-0.3, -0.25) is 4.99 Å². The number of hydrogen-bond donors (Lipinski definition) is 1. The normalized spacial score (nSPS) is 18.8. The predicted octanol–water partition coefficient (Wildman–Crippen LogP) is 4.09. The van der Waals surface area contributed by atoms with Crippen LogP contribution in [-0.4, -0.2) is 50.9 Å². The van der Waals surface area contributed by atoms with Gasteiger partial charge in [-0.25, -0.2) is 0 Å². The summed E-state index contributed by atoms with van der Waals surface area (Å²) >= 11 is 3.56. The highest BCUT2D eigenvalue weighted by Gasteiger charge is 2.14. The maximum Gasteiger partial charge on any atom is 0.0660 e. The molecule has 0 spiro atoms. The molecule has 1 fully saturated rings. The van der Waals surface area contributed by atoms with Gasteiger partial charge in [0.05, 0.1) is 6.54 Å². The van der Waals surface area contributed by atoms with Gasteiger partial charge in [0.15, 0.2) is 0 Å². The number of likely N-dealkylation sites (N-methyl/N-ethyl adjacent to an activating group) is 1. The fourth-order valence-corrected chi connectivity index (χ4v) is 3.73. The lowest BCUT2D eigenvalue weighted by molar-refractivity contribution is 0.313. The molecular formula is C21H23BrN4. The predicted molar refractivity (Wildman–Crippen MR) is 114 cm³/mol. The Balaban J connectivity index is 1.46. The van der Waals surface area contributed by atoms with Crippen molar-refractivity contribution < 1.29 is 0 Å². The van der Waals surface area contributed by atoms with E-state index in [9.17, 15) is 0 Å². The van der Waals surface area contributed by atoms with Crippen LogP contribution < -0.4 is 10.2 Å². The first-order chi connectivity index (χ1) is 12.7. The molecule has 0 unspecified atom stereocenters. The number of halogens is 1. The zero-order valence-electron chi connectivity index (χ0n) is 15.0. The van der Waals surface area contributed by atoms with Crippen molar-refractivity contribution in [1.82, 2.24) is 4.90 Å². The maximum atomic E-state index is 4.46. The molecule has 0 amide bonds. The van der Waals surface area contributed by atoms with E-state index in [1.807, 2.05) is 6.21 Å². The number of piperazine rings is 1. The van der Waals surface area contributed by atoms with Crippen molar-refractivity contribution in [2.24, 2.45) is 4.99 Å². The third-order valence-electron chi connectivity index (χ3n) is 5.00. The van der Waals surface area contributed by atoms with Gasteiger partial charge in [-0.1, -0.05) is 22.0 Å². The van der Waals surface area contributed by atoms with Crippen molar-refractivity contribution in [3.05, 3.63) is 64.3 Å². The molecular weight excluding hydrogens is 388 g/mol. The highest BCUT2D eigenvalue weighted by molar-refractivity contribution is 9.10. The van der Waals surface area contributed by atoms with E-state index in [4.69, 9.17) is 0 Å². The van der Waals surface area contributed by atoms with Gasteiger partial charge in [-0.2, -0.15) is 0 Å². The van der Waals surface area contributed by atoms with Crippen LogP contribution in [0.1, 0.15) is 11.1 Å². The third kappa shape index (κ3) is 3.84. The summed E-state index contributed by atoms with van der Waals surface area (Å²) in [5.74, 6) is 0. The summed E-state index contributed by atoms with van der Waals surface area (Å²) in [6.45, 7) is 5.15.